The predicted octanol–water partition coefficient (Wildman–Crippen LogP) is 4.52. The SMILES string of the molecule is Oc1c2c(c(O)n1-c1cccc(C(F)(F)F)c1)[C@@H]1CC[C@H]2[C@H]2C[C@H]21. The summed E-state index contributed by atoms with van der Waals surface area (Å²) in [6.07, 6.45) is -1.36. The first-order valence-corrected chi connectivity index (χ1v) is 8.22. The Labute approximate surface area is 136 Å². The van der Waals surface area contributed by atoms with Crippen LogP contribution in [-0.2, 0) is 6.18 Å². The second-order valence-electron chi connectivity index (χ2n) is 7.21. The lowest BCUT2D eigenvalue weighted by Crippen LogP contribution is -2.22. The van der Waals surface area contributed by atoms with E-state index in [1.54, 1.807) is 0 Å². The zero-order valence-corrected chi connectivity index (χ0v) is 12.7. The fourth-order valence-electron chi connectivity index (χ4n) is 5.04. The van der Waals surface area contributed by atoms with Gasteiger partial charge in [-0.25, -0.2) is 0 Å². The fourth-order valence-corrected chi connectivity index (χ4v) is 5.04. The molecule has 1 heterocycles. The molecule has 0 unspecified atom stereocenters. The van der Waals surface area contributed by atoms with E-state index in [4.69, 9.17) is 0 Å². The first kappa shape index (κ1) is 14.3. The number of fused-ring (bicyclic) bond motifs is 1. The van der Waals surface area contributed by atoms with Crippen LogP contribution in [0, 0.1) is 11.8 Å². The van der Waals surface area contributed by atoms with Gasteiger partial charge in [-0.15, -0.1) is 0 Å². The average Bonchev–Trinajstić information content (AvgIpc) is 3.31. The smallest absolute Gasteiger partial charge is 0.416 e. The number of rotatable bonds is 1. The standard InChI is InChI=1S/C18H16F3NO2/c19-18(20,21)8-2-1-3-9(6-8)22-16(23)14-10-4-5-11(13-7-12(10)13)15(14)17(22)24/h1-3,6,10-13,23-24H,4-5,7H2/t10-,11+,12+,13-. The Bertz CT molecular complexity index is 815. The van der Waals surface area contributed by atoms with Gasteiger partial charge in [-0.1, -0.05) is 6.07 Å². The zero-order chi connectivity index (χ0) is 16.8. The van der Waals surface area contributed by atoms with Crippen LogP contribution >= 0.6 is 0 Å². The number of aromatic nitrogens is 1. The molecule has 0 amide bonds. The Balaban J connectivity index is 1.70. The molecule has 24 heavy (non-hydrogen) atoms. The molecule has 3 nitrogen and oxygen atoms in total. The topological polar surface area (TPSA) is 45.4 Å². The maximum atomic E-state index is 13.0. The molecule has 2 fully saturated rings. The molecule has 4 aliphatic rings. The zero-order valence-electron chi connectivity index (χ0n) is 12.7. The Morgan fingerprint density at radius 3 is 2.08 bits per heavy atom. The van der Waals surface area contributed by atoms with Gasteiger partial charge in [-0.3, -0.25) is 4.57 Å². The number of halogens is 3. The van der Waals surface area contributed by atoms with Gasteiger partial charge in [-0.05, 0) is 61.1 Å². The highest BCUT2D eigenvalue weighted by atomic mass is 19.4. The Kier molecular flexibility index (Phi) is 2.55. The van der Waals surface area contributed by atoms with Gasteiger partial charge in [-0.2, -0.15) is 13.2 Å². The molecule has 6 heteroatoms. The average molecular weight is 335 g/mol. The van der Waals surface area contributed by atoms with Crippen molar-refractivity contribution in [1.29, 1.82) is 0 Å². The van der Waals surface area contributed by atoms with E-state index in [0.29, 0.717) is 11.8 Å². The van der Waals surface area contributed by atoms with Crippen LogP contribution in [0.4, 0.5) is 13.2 Å². The molecule has 0 radical (unpaired) electrons. The third-order valence-electron chi connectivity index (χ3n) is 6.08. The van der Waals surface area contributed by atoms with Gasteiger partial charge in [0.25, 0.3) is 0 Å². The monoisotopic (exact) mass is 335 g/mol. The van der Waals surface area contributed by atoms with Gasteiger partial charge in [0.2, 0.25) is 11.8 Å². The van der Waals surface area contributed by atoms with Gasteiger partial charge < -0.3 is 10.2 Å². The van der Waals surface area contributed by atoms with Crippen molar-refractivity contribution >= 4 is 0 Å². The van der Waals surface area contributed by atoms with Crippen molar-refractivity contribution in [2.75, 3.05) is 0 Å². The minimum atomic E-state index is -4.46. The number of benzene rings is 1. The summed E-state index contributed by atoms with van der Waals surface area (Å²) < 4.78 is 40.1. The van der Waals surface area contributed by atoms with Crippen LogP contribution in [0.5, 0.6) is 11.8 Å². The lowest BCUT2D eigenvalue weighted by Gasteiger charge is -2.35. The maximum Gasteiger partial charge on any atom is 0.416 e. The molecule has 2 bridgehead atoms. The summed E-state index contributed by atoms with van der Waals surface area (Å²) in [7, 11) is 0. The number of nitrogens with zero attached hydrogens (tertiary/aromatic N) is 1. The van der Waals surface area contributed by atoms with Crippen molar-refractivity contribution in [3.8, 4) is 17.4 Å². The van der Waals surface area contributed by atoms with Crippen molar-refractivity contribution in [3.63, 3.8) is 0 Å². The fraction of sp³-hybridized carbons (Fsp3) is 0.444. The van der Waals surface area contributed by atoms with E-state index >= 15 is 0 Å². The summed E-state index contributed by atoms with van der Waals surface area (Å²) in [6.45, 7) is 0. The van der Waals surface area contributed by atoms with Gasteiger partial charge in [0.15, 0.2) is 0 Å². The summed E-state index contributed by atoms with van der Waals surface area (Å²) in [5, 5.41) is 21.4. The van der Waals surface area contributed by atoms with Gasteiger partial charge in [0, 0.05) is 11.1 Å². The molecule has 0 saturated heterocycles. The highest BCUT2D eigenvalue weighted by molar-refractivity contribution is 5.59. The Morgan fingerprint density at radius 2 is 1.54 bits per heavy atom. The van der Waals surface area contributed by atoms with Crippen LogP contribution in [0.2, 0.25) is 0 Å². The predicted molar refractivity (Wildman–Crippen MR) is 80.4 cm³/mol. The van der Waals surface area contributed by atoms with Gasteiger partial charge >= 0.3 is 6.18 Å². The van der Waals surface area contributed by atoms with Crippen molar-refractivity contribution in [2.24, 2.45) is 11.8 Å². The largest absolute Gasteiger partial charge is 0.494 e. The van der Waals surface area contributed by atoms with E-state index in [2.05, 4.69) is 0 Å². The second-order valence-corrected chi connectivity index (χ2v) is 7.21. The molecule has 0 aliphatic heterocycles. The molecule has 1 aromatic carbocycles. The van der Waals surface area contributed by atoms with E-state index < -0.39 is 11.7 Å². The first-order chi connectivity index (χ1) is 11.4. The van der Waals surface area contributed by atoms with E-state index in [-0.39, 0.29) is 29.3 Å². The molecule has 2 aromatic rings. The van der Waals surface area contributed by atoms with Gasteiger partial charge in [0.1, 0.15) is 0 Å². The molecular weight excluding hydrogens is 319 g/mol. The highest BCUT2D eigenvalue weighted by Gasteiger charge is 2.58. The minimum absolute atomic E-state index is 0.0955. The normalized spacial score (nSPS) is 30.1. The number of aromatic hydroxyl groups is 2. The number of alkyl halides is 3. The number of hydrogen-bond acceptors (Lipinski definition) is 2. The summed E-state index contributed by atoms with van der Waals surface area (Å²) in [5.74, 6) is 1.41. The lowest BCUT2D eigenvalue weighted by atomic mass is 9.68. The van der Waals surface area contributed by atoms with Crippen LogP contribution in [0.25, 0.3) is 5.69 Å². The molecule has 4 atom stereocenters. The number of hydrogen-bond donors (Lipinski definition) is 2. The summed E-state index contributed by atoms with van der Waals surface area (Å²) in [5.41, 5.74) is 0.874. The quantitative estimate of drug-likeness (QED) is 0.805. The molecule has 0 spiro atoms. The van der Waals surface area contributed by atoms with Crippen LogP contribution in [-0.4, -0.2) is 14.8 Å². The molecule has 126 valence electrons. The molecule has 1 aromatic heterocycles. The molecule has 4 aliphatic carbocycles. The highest BCUT2D eigenvalue weighted by Crippen LogP contribution is 2.70. The minimum Gasteiger partial charge on any atom is -0.494 e. The van der Waals surface area contributed by atoms with E-state index in [1.807, 2.05) is 0 Å². The first-order valence-electron chi connectivity index (χ1n) is 8.22. The van der Waals surface area contributed by atoms with Crippen molar-refractivity contribution in [2.45, 2.75) is 37.3 Å². The second kappa shape index (κ2) is 4.29. The van der Waals surface area contributed by atoms with Crippen LogP contribution in [0.3, 0.4) is 0 Å². The summed E-state index contributed by atoms with van der Waals surface area (Å²) >= 11 is 0. The molecule has 6 rings (SSSR count). The van der Waals surface area contributed by atoms with E-state index in [1.165, 1.54) is 16.7 Å². The molecular formula is C18H16F3NO2. The van der Waals surface area contributed by atoms with Crippen molar-refractivity contribution in [1.82, 2.24) is 4.57 Å². The summed E-state index contributed by atoms with van der Waals surface area (Å²) in [6, 6.07) is 4.72. The molecule has 2 N–H and O–H groups in total. The van der Waals surface area contributed by atoms with E-state index in [9.17, 15) is 23.4 Å². The lowest BCUT2D eigenvalue weighted by molar-refractivity contribution is -0.137. The third kappa shape index (κ3) is 1.69. The van der Waals surface area contributed by atoms with Crippen LogP contribution < -0.4 is 0 Å². The van der Waals surface area contributed by atoms with Crippen LogP contribution in [0.15, 0.2) is 24.3 Å². The van der Waals surface area contributed by atoms with Crippen molar-refractivity contribution in [3.05, 3.63) is 41.0 Å². The van der Waals surface area contributed by atoms with Crippen molar-refractivity contribution < 1.29 is 23.4 Å². The van der Waals surface area contributed by atoms with Gasteiger partial charge in [0.05, 0.1) is 11.3 Å². The third-order valence-corrected chi connectivity index (χ3v) is 6.08. The Hall–Kier alpha value is -2.11. The summed E-state index contributed by atoms with van der Waals surface area (Å²) in [4.78, 5) is 0. The Morgan fingerprint density at radius 1 is 0.958 bits per heavy atom. The van der Waals surface area contributed by atoms with E-state index in [0.717, 1.165) is 42.5 Å². The molecule has 2 saturated carbocycles. The maximum absolute atomic E-state index is 13.0. The van der Waals surface area contributed by atoms with Crippen LogP contribution in [0.1, 0.15) is 47.8 Å².